The molecule has 5 heteroatoms. The molecule has 5 nitrogen and oxygen atoms in total. The van der Waals surface area contributed by atoms with Crippen molar-refractivity contribution in [3.63, 3.8) is 0 Å². The number of nitrogens with two attached hydrogens (primary N) is 1. The summed E-state index contributed by atoms with van der Waals surface area (Å²) in [4.78, 5) is 4.23. The topological polar surface area (TPSA) is 74.2 Å². The second-order valence-corrected chi connectivity index (χ2v) is 4.31. The van der Waals surface area contributed by atoms with E-state index < -0.39 is 0 Å². The minimum atomic E-state index is -0.335. The number of hydrogen-bond acceptors (Lipinski definition) is 5. The molecule has 86 valence electrons. The van der Waals surface area contributed by atoms with Crippen LogP contribution in [0.2, 0.25) is 0 Å². The quantitative estimate of drug-likeness (QED) is 0.801. The minimum Gasteiger partial charge on any atom is -0.371 e. The van der Waals surface area contributed by atoms with Crippen LogP contribution in [-0.2, 0) is 11.2 Å². The molecule has 1 heterocycles. The van der Waals surface area contributed by atoms with E-state index in [4.69, 9.17) is 15.0 Å². The van der Waals surface area contributed by atoms with Gasteiger partial charge in [0.05, 0.1) is 0 Å². The third kappa shape index (κ3) is 3.97. The van der Waals surface area contributed by atoms with Crippen LogP contribution in [0.25, 0.3) is 0 Å². The monoisotopic (exact) mass is 213 g/mol. The number of hydrogen-bond donors (Lipinski definition) is 1. The molecule has 0 amide bonds. The highest BCUT2D eigenvalue weighted by atomic mass is 16.5. The van der Waals surface area contributed by atoms with Gasteiger partial charge in [-0.25, -0.2) is 0 Å². The normalized spacial score (nSPS) is 14.2. The number of aromatic nitrogens is 2. The van der Waals surface area contributed by atoms with Gasteiger partial charge in [-0.05, 0) is 27.7 Å². The van der Waals surface area contributed by atoms with Gasteiger partial charge in [0.25, 0.3) is 0 Å². The molecule has 0 aliphatic heterocycles. The molecule has 2 N–H and O–H groups in total. The van der Waals surface area contributed by atoms with E-state index in [9.17, 15) is 0 Å². The van der Waals surface area contributed by atoms with Crippen molar-refractivity contribution in [1.82, 2.24) is 10.1 Å². The van der Waals surface area contributed by atoms with Crippen molar-refractivity contribution in [3.8, 4) is 0 Å². The summed E-state index contributed by atoms with van der Waals surface area (Å²) in [5.74, 6) is 1.14. The van der Waals surface area contributed by atoms with Crippen LogP contribution in [-0.4, -0.2) is 22.3 Å². The predicted molar refractivity (Wildman–Crippen MR) is 56.3 cm³/mol. The summed E-state index contributed by atoms with van der Waals surface area (Å²) in [6, 6.07) is 0. The summed E-state index contributed by atoms with van der Waals surface area (Å²) >= 11 is 0. The van der Waals surface area contributed by atoms with Crippen molar-refractivity contribution in [2.24, 2.45) is 5.73 Å². The predicted octanol–water partition coefficient (Wildman–Crippen LogP) is 1.45. The molecule has 15 heavy (non-hydrogen) atoms. The molecule has 0 saturated heterocycles. The number of ether oxygens (including phenoxy) is 1. The van der Waals surface area contributed by atoms with Crippen molar-refractivity contribution < 1.29 is 9.26 Å². The Kier molecular flexibility index (Phi) is 3.82. The molecule has 0 aromatic carbocycles. The molecule has 1 aromatic rings. The van der Waals surface area contributed by atoms with Gasteiger partial charge in [0.15, 0.2) is 5.82 Å². The van der Waals surface area contributed by atoms with Crippen LogP contribution in [0.4, 0.5) is 0 Å². The number of nitrogens with zero attached hydrogens (tertiary/aromatic N) is 2. The van der Waals surface area contributed by atoms with Crippen LogP contribution >= 0.6 is 0 Å². The Bertz CT molecular complexity index is 304. The second-order valence-electron chi connectivity index (χ2n) is 4.31. The van der Waals surface area contributed by atoms with E-state index >= 15 is 0 Å². The summed E-state index contributed by atoms with van der Waals surface area (Å²) in [5.41, 5.74) is 5.52. The Labute approximate surface area is 90.0 Å². The van der Waals surface area contributed by atoms with Crippen LogP contribution < -0.4 is 5.73 Å². The third-order valence-electron chi connectivity index (χ3n) is 1.87. The summed E-state index contributed by atoms with van der Waals surface area (Å²) in [5, 5.41) is 3.85. The van der Waals surface area contributed by atoms with Crippen LogP contribution in [0.3, 0.4) is 0 Å². The first kappa shape index (κ1) is 12.1. The van der Waals surface area contributed by atoms with Gasteiger partial charge in [-0.1, -0.05) is 5.16 Å². The molecule has 0 spiro atoms. The van der Waals surface area contributed by atoms with E-state index in [2.05, 4.69) is 10.1 Å². The van der Waals surface area contributed by atoms with E-state index in [1.54, 1.807) is 0 Å². The maximum absolute atomic E-state index is 5.85. The lowest BCUT2D eigenvalue weighted by Gasteiger charge is -2.14. The fraction of sp³-hybridized carbons (Fsp3) is 0.800. The minimum absolute atomic E-state index is 0.131. The first-order valence-electron chi connectivity index (χ1n) is 5.15. The molecule has 0 aliphatic rings. The van der Waals surface area contributed by atoms with Gasteiger partial charge in [-0.15, -0.1) is 0 Å². The SMILES string of the molecule is CCOC(C)c1noc(CC(C)(C)N)n1. The van der Waals surface area contributed by atoms with Crippen LogP contribution in [0, 0.1) is 0 Å². The molecule has 0 aliphatic carbocycles. The van der Waals surface area contributed by atoms with Gasteiger partial charge in [-0.3, -0.25) is 0 Å². The fourth-order valence-corrected chi connectivity index (χ4v) is 1.22. The van der Waals surface area contributed by atoms with E-state index in [0.29, 0.717) is 24.7 Å². The van der Waals surface area contributed by atoms with E-state index in [-0.39, 0.29) is 11.6 Å². The highest BCUT2D eigenvalue weighted by Crippen LogP contribution is 2.14. The van der Waals surface area contributed by atoms with Crippen LogP contribution in [0.1, 0.15) is 45.5 Å². The first-order chi connectivity index (χ1) is 6.92. The van der Waals surface area contributed by atoms with Gasteiger partial charge < -0.3 is 15.0 Å². The van der Waals surface area contributed by atoms with Gasteiger partial charge in [0.1, 0.15) is 6.10 Å². The van der Waals surface area contributed by atoms with Crippen molar-refractivity contribution in [2.75, 3.05) is 6.61 Å². The van der Waals surface area contributed by atoms with Crippen molar-refractivity contribution in [3.05, 3.63) is 11.7 Å². The van der Waals surface area contributed by atoms with Crippen LogP contribution in [0.15, 0.2) is 4.52 Å². The molecular weight excluding hydrogens is 194 g/mol. The zero-order valence-electron chi connectivity index (χ0n) is 9.78. The van der Waals surface area contributed by atoms with Crippen molar-refractivity contribution in [2.45, 2.75) is 45.8 Å². The first-order valence-corrected chi connectivity index (χ1v) is 5.15. The highest BCUT2D eigenvalue weighted by molar-refractivity contribution is 4.94. The molecule has 1 unspecified atom stereocenters. The Morgan fingerprint density at radius 2 is 2.20 bits per heavy atom. The maximum Gasteiger partial charge on any atom is 0.228 e. The van der Waals surface area contributed by atoms with Gasteiger partial charge >= 0.3 is 0 Å². The van der Waals surface area contributed by atoms with Gasteiger partial charge in [0.2, 0.25) is 5.89 Å². The van der Waals surface area contributed by atoms with Crippen molar-refractivity contribution in [1.29, 1.82) is 0 Å². The Balaban J connectivity index is 2.64. The van der Waals surface area contributed by atoms with Gasteiger partial charge in [0, 0.05) is 18.6 Å². The lowest BCUT2D eigenvalue weighted by molar-refractivity contribution is 0.0683. The Morgan fingerprint density at radius 3 is 2.73 bits per heavy atom. The van der Waals surface area contributed by atoms with Gasteiger partial charge in [-0.2, -0.15) is 4.98 Å². The molecule has 1 rings (SSSR count). The largest absolute Gasteiger partial charge is 0.371 e. The Hall–Kier alpha value is -0.940. The molecule has 1 aromatic heterocycles. The molecule has 0 saturated carbocycles. The fourth-order valence-electron chi connectivity index (χ4n) is 1.22. The summed E-state index contributed by atoms with van der Waals surface area (Å²) in [6.07, 6.45) is 0.437. The smallest absolute Gasteiger partial charge is 0.228 e. The molecular formula is C10H19N3O2. The lowest BCUT2D eigenvalue weighted by atomic mass is 10.0. The van der Waals surface area contributed by atoms with Crippen LogP contribution in [0.5, 0.6) is 0 Å². The average Bonchev–Trinajstić information content (AvgIpc) is 2.50. The summed E-state index contributed by atoms with van der Waals surface area (Å²) in [6.45, 7) is 8.30. The molecule has 0 bridgehead atoms. The molecule has 0 fully saturated rings. The average molecular weight is 213 g/mol. The third-order valence-corrected chi connectivity index (χ3v) is 1.87. The molecule has 0 radical (unpaired) electrons. The zero-order valence-corrected chi connectivity index (χ0v) is 9.78. The second kappa shape index (κ2) is 4.72. The van der Waals surface area contributed by atoms with Crippen molar-refractivity contribution >= 4 is 0 Å². The van der Waals surface area contributed by atoms with E-state index in [0.717, 1.165) is 0 Å². The summed E-state index contributed by atoms with van der Waals surface area (Å²) in [7, 11) is 0. The lowest BCUT2D eigenvalue weighted by Crippen LogP contribution is -2.34. The highest BCUT2D eigenvalue weighted by Gasteiger charge is 2.19. The number of rotatable bonds is 5. The van der Waals surface area contributed by atoms with E-state index in [1.807, 2.05) is 27.7 Å². The standard InChI is InChI=1S/C10H19N3O2/c1-5-14-7(2)9-12-8(15-13-9)6-10(3,4)11/h7H,5-6,11H2,1-4H3. The molecule has 1 atom stereocenters. The Morgan fingerprint density at radius 1 is 1.53 bits per heavy atom. The van der Waals surface area contributed by atoms with E-state index in [1.165, 1.54) is 0 Å². The zero-order chi connectivity index (χ0) is 11.5. The summed E-state index contributed by atoms with van der Waals surface area (Å²) < 4.78 is 10.4. The maximum atomic E-state index is 5.85.